The second-order valence-electron chi connectivity index (χ2n) is 6.07. The standard InChI is InChI=1S/C15H21BrN2O3/c1-15(2,3)21-14(19)18(12-5-6-12)8-9-20-13-7-4-11(16)10-17-13/h4,7,10,12H,5-6,8-9H2,1-3H3. The average molecular weight is 357 g/mol. The molecule has 0 radical (unpaired) electrons. The molecule has 0 aromatic carbocycles. The van der Waals surface area contributed by atoms with E-state index in [1.807, 2.05) is 26.8 Å². The first-order chi connectivity index (χ1) is 9.85. The number of rotatable bonds is 5. The molecule has 0 saturated heterocycles. The minimum absolute atomic E-state index is 0.266. The Morgan fingerprint density at radius 3 is 2.67 bits per heavy atom. The first-order valence-electron chi connectivity index (χ1n) is 7.09. The van der Waals surface area contributed by atoms with Crippen molar-refractivity contribution in [2.45, 2.75) is 45.3 Å². The van der Waals surface area contributed by atoms with Crippen molar-refractivity contribution in [3.63, 3.8) is 0 Å². The summed E-state index contributed by atoms with van der Waals surface area (Å²) in [5.74, 6) is 0.554. The summed E-state index contributed by atoms with van der Waals surface area (Å²) in [5.41, 5.74) is -0.474. The van der Waals surface area contributed by atoms with Crippen LogP contribution >= 0.6 is 15.9 Å². The Balaban J connectivity index is 1.83. The summed E-state index contributed by atoms with van der Waals surface area (Å²) in [5, 5.41) is 0. The van der Waals surface area contributed by atoms with E-state index in [1.54, 1.807) is 17.2 Å². The van der Waals surface area contributed by atoms with E-state index in [0.29, 0.717) is 25.1 Å². The van der Waals surface area contributed by atoms with Crippen LogP contribution in [-0.4, -0.2) is 40.8 Å². The van der Waals surface area contributed by atoms with Gasteiger partial charge in [-0.25, -0.2) is 9.78 Å². The van der Waals surface area contributed by atoms with Gasteiger partial charge in [-0.3, -0.25) is 0 Å². The van der Waals surface area contributed by atoms with Crippen molar-refractivity contribution in [1.82, 2.24) is 9.88 Å². The van der Waals surface area contributed by atoms with Gasteiger partial charge in [-0.2, -0.15) is 0 Å². The molecule has 1 amide bonds. The molecule has 0 bridgehead atoms. The summed E-state index contributed by atoms with van der Waals surface area (Å²) in [6.07, 6.45) is 3.49. The maximum atomic E-state index is 12.2. The van der Waals surface area contributed by atoms with Gasteiger partial charge in [0.2, 0.25) is 5.88 Å². The molecule has 116 valence electrons. The van der Waals surface area contributed by atoms with Gasteiger partial charge < -0.3 is 14.4 Å². The number of aromatic nitrogens is 1. The maximum Gasteiger partial charge on any atom is 0.410 e. The summed E-state index contributed by atoms with van der Waals surface area (Å²) in [6, 6.07) is 3.95. The van der Waals surface area contributed by atoms with Crippen LogP contribution in [0.1, 0.15) is 33.6 Å². The normalized spacial score (nSPS) is 14.7. The predicted octanol–water partition coefficient (Wildman–Crippen LogP) is 3.62. The highest BCUT2D eigenvalue weighted by atomic mass is 79.9. The fourth-order valence-corrected chi connectivity index (χ4v) is 2.06. The molecule has 0 aliphatic heterocycles. The van der Waals surface area contributed by atoms with Crippen molar-refractivity contribution in [2.75, 3.05) is 13.2 Å². The second kappa shape index (κ2) is 6.64. The highest BCUT2D eigenvalue weighted by Gasteiger charge is 2.35. The quantitative estimate of drug-likeness (QED) is 0.808. The zero-order chi connectivity index (χ0) is 15.5. The fraction of sp³-hybridized carbons (Fsp3) is 0.600. The van der Waals surface area contributed by atoms with E-state index in [9.17, 15) is 4.79 Å². The van der Waals surface area contributed by atoms with Crippen LogP contribution in [0.3, 0.4) is 0 Å². The molecule has 0 spiro atoms. The lowest BCUT2D eigenvalue weighted by atomic mass is 10.2. The molecule has 0 N–H and O–H groups in total. The van der Waals surface area contributed by atoms with Crippen molar-refractivity contribution in [3.8, 4) is 5.88 Å². The van der Waals surface area contributed by atoms with Gasteiger partial charge in [0, 0.05) is 22.8 Å². The average Bonchev–Trinajstić information content (AvgIpc) is 3.19. The van der Waals surface area contributed by atoms with Gasteiger partial charge in [0.25, 0.3) is 0 Å². The van der Waals surface area contributed by atoms with Crippen molar-refractivity contribution < 1.29 is 14.3 Å². The van der Waals surface area contributed by atoms with E-state index in [4.69, 9.17) is 9.47 Å². The van der Waals surface area contributed by atoms with Crippen molar-refractivity contribution in [2.24, 2.45) is 0 Å². The number of nitrogens with zero attached hydrogens (tertiary/aromatic N) is 2. The largest absolute Gasteiger partial charge is 0.476 e. The van der Waals surface area contributed by atoms with Crippen LogP contribution in [0.25, 0.3) is 0 Å². The minimum atomic E-state index is -0.474. The Hall–Kier alpha value is -1.30. The van der Waals surface area contributed by atoms with Gasteiger partial charge in [0.1, 0.15) is 12.2 Å². The lowest BCUT2D eigenvalue weighted by molar-refractivity contribution is 0.0208. The second-order valence-corrected chi connectivity index (χ2v) is 6.98. The molecule has 2 rings (SSSR count). The molecule has 1 aromatic rings. The molecule has 1 heterocycles. The van der Waals surface area contributed by atoms with Crippen LogP contribution in [0.15, 0.2) is 22.8 Å². The number of pyridine rings is 1. The smallest absolute Gasteiger partial charge is 0.410 e. The number of hydrogen-bond donors (Lipinski definition) is 0. The highest BCUT2D eigenvalue weighted by molar-refractivity contribution is 9.10. The SMILES string of the molecule is CC(C)(C)OC(=O)N(CCOc1ccc(Br)cn1)C1CC1. The zero-order valence-corrected chi connectivity index (χ0v) is 14.2. The Labute approximate surface area is 133 Å². The van der Waals surface area contributed by atoms with Crippen LogP contribution in [-0.2, 0) is 4.74 Å². The molecular formula is C15H21BrN2O3. The van der Waals surface area contributed by atoms with Crippen LogP contribution in [0.5, 0.6) is 5.88 Å². The number of carbonyl (C=O) groups is 1. The number of ether oxygens (including phenoxy) is 2. The fourth-order valence-electron chi connectivity index (χ4n) is 1.83. The number of carbonyl (C=O) groups excluding carboxylic acids is 1. The van der Waals surface area contributed by atoms with Crippen LogP contribution in [0.4, 0.5) is 4.79 Å². The monoisotopic (exact) mass is 356 g/mol. The van der Waals surface area contributed by atoms with E-state index in [0.717, 1.165) is 17.3 Å². The third-order valence-electron chi connectivity index (χ3n) is 2.90. The van der Waals surface area contributed by atoms with Gasteiger partial charge in [-0.15, -0.1) is 0 Å². The van der Waals surface area contributed by atoms with E-state index in [1.165, 1.54) is 0 Å². The summed E-state index contributed by atoms with van der Waals surface area (Å²) in [6.45, 7) is 6.54. The molecule has 1 aliphatic rings. The molecule has 1 aliphatic carbocycles. The van der Waals surface area contributed by atoms with Gasteiger partial charge >= 0.3 is 6.09 Å². The van der Waals surface area contributed by atoms with Gasteiger partial charge in [-0.05, 0) is 55.6 Å². The highest BCUT2D eigenvalue weighted by Crippen LogP contribution is 2.28. The molecule has 5 nitrogen and oxygen atoms in total. The summed E-state index contributed by atoms with van der Waals surface area (Å²) in [4.78, 5) is 18.0. The van der Waals surface area contributed by atoms with Crippen molar-refractivity contribution in [3.05, 3.63) is 22.8 Å². The zero-order valence-electron chi connectivity index (χ0n) is 12.6. The Morgan fingerprint density at radius 2 is 2.14 bits per heavy atom. The third-order valence-corrected chi connectivity index (χ3v) is 3.37. The predicted molar refractivity (Wildman–Crippen MR) is 83.4 cm³/mol. The summed E-state index contributed by atoms with van der Waals surface area (Å²) >= 11 is 3.32. The van der Waals surface area contributed by atoms with Crippen LogP contribution < -0.4 is 4.74 Å². The lowest BCUT2D eigenvalue weighted by Gasteiger charge is -2.27. The lowest BCUT2D eigenvalue weighted by Crippen LogP contribution is -2.40. The van der Waals surface area contributed by atoms with Crippen LogP contribution in [0.2, 0.25) is 0 Å². The molecule has 0 unspecified atom stereocenters. The third kappa shape index (κ3) is 5.53. The molecular weight excluding hydrogens is 336 g/mol. The van der Waals surface area contributed by atoms with Gasteiger partial charge in [0.05, 0.1) is 6.54 Å². The summed E-state index contributed by atoms with van der Waals surface area (Å²) < 4.78 is 11.9. The number of amides is 1. The van der Waals surface area contributed by atoms with Crippen molar-refractivity contribution >= 4 is 22.0 Å². The molecule has 1 aromatic heterocycles. The van der Waals surface area contributed by atoms with Gasteiger partial charge in [-0.1, -0.05) is 0 Å². The summed E-state index contributed by atoms with van der Waals surface area (Å²) in [7, 11) is 0. The Morgan fingerprint density at radius 1 is 1.43 bits per heavy atom. The van der Waals surface area contributed by atoms with E-state index in [-0.39, 0.29) is 6.09 Å². The van der Waals surface area contributed by atoms with Crippen molar-refractivity contribution in [1.29, 1.82) is 0 Å². The van der Waals surface area contributed by atoms with E-state index in [2.05, 4.69) is 20.9 Å². The van der Waals surface area contributed by atoms with Gasteiger partial charge in [0.15, 0.2) is 0 Å². The van der Waals surface area contributed by atoms with E-state index < -0.39 is 5.60 Å². The van der Waals surface area contributed by atoms with Crippen LogP contribution in [0, 0.1) is 0 Å². The topological polar surface area (TPSA) is 51.7 Å². The molecule has 0 atom stereocenters. The number of halogens is 1. The maximum absolute atomic E-state index is 12.2. The minimum Gasteiger partial charge on any atom is -0.476 e. The molecule has 1 fully saturated rings. The van der Waals surface area contributed by atoms with E-state index >= 15 is 0 Å². The number of hydrogen-bond acceptors (Lipinski definition) is 4. The first-order valence-corrected chi connectivity index (χ1v) is 7.88. The molecule has 21 heavy (non-hydrogen) atoms. The first kappa shape index (κ1) is 16.1. The molecule has 1 saturated carbocycles. The Bertz CT molecular complexity index is 481. The molecule has 6 heteroatoms. The Kier molecular flexibility index (Phi) is 5.08.